The van der Waals surface area contributed by atoms with Gasteiger partial charge in [0, 0.05) is 25.7 Å². The number of aliphatic carboxylic acids is 1. The average molecular weight is 270 g/mol. The first-order chi connectivity index (χ1) is 9.10. The molecule has 0 unspecified atom stereocenters. The number of urea groups is 1. The molecule has 6 heteroatoms. The van der Waals surface area contributed by atoms with E-state index in [4.69, 9.17) is 10.2 Å². The van der Waals surface area contributed by atoms with Gasteiger partial charge in [0.25, 0.3) is 0 Å². The molecule has 1 aliphatic rings. The van der Waals surface area contributed by atoms with E-state index in [1.54, 1.807) is 4.90 Å². The lowest BCUT2D eigenvalue weighted by atomic mass is 9.91. The van der Waals surface area contributed by atoms with Crippen molar-refractivity contribution in [2.45, 2.75) is 31.7 Å². The van der Waals surface area contributed by atoms with Gasteiger partial charge in [-0.2, -0.15) is 0 Å². The lowest BCUT2D eigenvalue weighted by molar-refractivity contribution is -0.137. The van der Waals surface area contributed by atoms with Crippen LogP contribution in [0, 0.1) is 0 Å². The summed E-state index contributed by atoms with van der Waals surface area (Å²) in [6, 6.07) is -0.0967. The highest BCUT2D eigenvalue weighted by Crippen LogP contribution is 2.25. The molecule has 19 heavy (non-hydrogen) atoms. The lowest BCUT2D eigenvalue weighted by Crippen LogP contribution is -2.52. The molecule has 0 atom stereocenters. The Bertz CT molecular complexity index is 329. The summed E-state index contributed by atoms with van der Waals surface area (Å²) in [6.45, 7) is 3.93. The van der Waals surface area contributed by atoms with Crippen LogP contribution in [0.5, 0.6) is 0 Å². The second-order valence-corrected chi connectivity index (χ2v) is 4.70. The first-order valence-corrected chi connectivity index (χ1v) is 6.59. The minimum absolute atomic E-state index is 0.0247. The molecule has 0 heterocycles. The summed E-state index contributed by atoms with van der Waals surface area (Å²) in [7, 11) is 0. The molecule has 0 aliphatic heterocycles. The van der Waals surface area contributed by atoms with Crippen molar-refractivity contribution < 1.29 is 19.8 Å². The maximum atomic E-state index is 12.4. The molecule has 0 aromatic rings. The van der Waals surface area contributed by atoms with Gasteiger partial charge in [0.15, 0.2) is 0 Å². The molecular weight excluding hydrogens is 248 g/mol. The van der Waals surface area contributed by atoms with Gasteiger partial charge in [-0.15, -0.1) is 6.58 Å². The number of carboxylic acids is 1. The van der Waals surface area contributed by atoms with Crippen molar-refractivity contribution >= 4 is 12.0 Å². The maximum absolute atomic E-state index is 12.4. The van der Waals surface area contributed by atoms with Gasteiger partial charge >= 0.3 is 12.0 Å². The monoisotopic (exact) mass is 270 g/mol. The van der Waals surface area contributed by atoms with Gasteiger partial charge in [0.1, 0.15) is 6.54 Å². The Morgan fingerprint density at radius 3 is 2.47 bits per heavy atom. The molecule has 0 saturated heterocycles. The van der Waals surface area contributed by atoms with Crippen molar-refractivity contribution in [1.82, 2.24) is 9.80 Å². The van der Waals surface area contributed by atoms with Crippen molar-refractivity contribution in [3.8, 4) is 0 Å². The number of amides is 2. The number of rotatable bonds is 8. The topological polar surface area (TPSA) is 81.1 Å². The summed E-state index contributed by atoms with van der Waals surface area (Å²) in [5.41, 5.74) is 0. The molecule has 0 aromatic heterocycles. The number of aliphatic hydroxyl groups excluding tert-OH is 1. The number of aliphatic hydroxyl groups is 1. The molecule has 0 bridgehead atoms. The fraction of sp³-hybridized carbons (Fsp3) is 0.692. The summed E-state index contributed by atoms with van der Waals surface area (Å²) in [4.78, 5) is 26.1. The van der Waals surface area contributed by atoms with E-state index in [2.05, 4.69) is 6.58 Å². The van der Waals surface area contributed by atoms with Crippen LogP contribution in [0.1, 0.15) is 25.7 Å². The molecule has 1 rings (SSSR count). The molecule has 6 nitrogen and oxygen atoms in total. The van der Waals surface area contributed by atoms with E-state index in [9.17, 15) is 9.59 Å². The smallest absolute Gasteiger partial charge is 0.323 e. The summed E-state index contributed by atoms with van der Waals surface area (Å²) >= 11 is 0. The highest BCUT2D eigenvalue weighted by atomic mass is 16.4. The second kappa shape index (κ2) is 7.78. The minimum atomic E-state index is -1.04. The van der Waals surface area contributed by atoms with Crippen LogP contribution < -0.4 is 0 Å². The van der Waals surface area contributed by atoms with Crippen LogP contribution in [0.3, 0.4) is 0 Å². The van der Waals surface area contributed by atoms with Crippen molar-refractivity contribution in [3.63, 3.8) is 0 Å². The SMILES string of the molecule is C=CCN(CC(=O)O)C(=O)N(CCCO)C1CCC1. The third-order valence-corrected chi connectivity index (χ3v) is 3.26. The van der Waals surface area contributed by atoms with E-state index >= 15 is 0 Å². The Balaban J connectivity index is 2.69. The fourth-order valence-corrected chi connectivity index (χ4v) is 2.08. The molecule has 2 amide bonds. The fourth-order valence-electron chi connectivity index (χ4n) is 2.08. The first-order valence-electron chi connectivity index (χ1n) is 6.59. The standard InChI is InChI=1S/C13H22N2O4/c1-2-7-14(10-12(17)18)13(19)15(8-4-9-16)11-5-3-6-11/h2,11,16H,1,3-10H2,(H,17,18). The molecule has 0 radical (unpaired) electrons. The van der Waals surface area contributed by atoms with Crippen LogP contribution in [0.15, 0.2) is 12.7 Å². The predicted octanol–water partition coefficient (Wildman–Crippen LogP) is 0.916. The van der Waals surface area contributed by atoms with Crippen LogP contribution in [-0.2, 0) is 4.79 Å². The molecule has 0 aromatic carbocycles. The van der Waals surface area contributed by atoms with Gasteiger partial charge < -0.3 is 20.0 Å². The van der Waals surface area contributed by atoms with Gasteiger partial charge in [-0.05, 0) is 25.7 Å². The summed E-state index contributed by atoms with van der Waals surface area (Å²) in [6.07, 6.45) is 5.02. The summed E-state index contributed by atoms with van der Waals surface area (Å²) < 4.78 is 0. The number of hydrogen-bond donors (Lipinski definition) is 2. The Morgan fingerprint density at radius 1 is 1.37 bits per heavy atom. The van der Waals surface area contributed by atoms with Crippen molar-refractivity contribution in [2.75, 3.05) is 26.2 Å². The molecule has 1 saturated carbocycles. The van der Waals surface area contributed by atoms with Gasteiger partial charge in [-0.25, -0.2) is 4.79 Å². The zero-order chi connectivity index (χ0) is 14.3. The van der Waals surface area contributed by atoms with Gasteiger partial charge in [0.2, 0.25) is 0 Å². The average Bonchev–Trinajstić information content (AvgIpc) is 2.30. The Morgan fingerprint density at radius 2 is 2.05 bits per heavy atom. The number of nitrogens with zero attached hydrogens (tertiary/aromatic N) is 2. The summed E-state index contributed by atoms with van der Waals surface area (Å²) in [5, 5.41) is 17.7. The van der Waals surface area contributed by atoms with Crippen molar-refractivity contribution in [2.24, 2.45) is 0 Å². The van der Waals surface area contributed by atoms with E-state index in [0.717, 1.165) is 19.3 Å². The van der Waals surface area contributed by atoms with E-state index in [0.29, 0.717) is 13.0 Å². The lowest BCUT2D eigenvalue weighted by Gasteiger charge is -2.40. The highest BCUT2D eigenvalue weighted by molar-refractivity contribution is 5.80. The van der Waals surface area contributed by atoms with Crippen LogP contribution in [0.2, 0.25) is 0 Å². The van der Waals surface area contributed by atoms with E-state index in [1.165, 1.54) is 11.0 Å². The number of carboxylic acid groups (broad SMARTS) is 1. The Hall–Kier alpha value is -1.56. The van der Waals surface area contributed by atoms with Crippen LogP contribution in [0.4, 0.5) is 4.79 Å². The Labute approximate surface area is 113 Å². The van der Waals surface area contributed by atoms with Gasteiger partial charge in [0.05, 0.1) is 0 Å². The molecule has 1 fully saturated rings. The van der Waals surface area contributed by atoms with E-state index < -0.39 is 5.97 Å². The van der Waals surface area contributed by atoms with Crippen LogP contribution in [0.25, 0.3) is 0 Å². The summed E-state index contributed by atoms with van der Waals surface area (Å²) in [5.74, 6) is -1.04. The molecular formula is C13H22N2O4. The molecule has 108 valence electrons. The van der Waals surface area contributed by atoms with Crippen LogP contribution >= 0.6 is 0 Å². The zero-order valence-corrected chi connectivity index (χ0v) is 11.1. The quantitative estimate of drug-likeness (QED) is 0.643. The highest BCUT2D eigenvalue weighted by Gasteiger charge is 2.31. The first kappa shape index (κ1) is 15.5. The number of hydrogen-bond acceptors (Lipinski definition) is 3. The van der Waals surface area contributed by atoms with Crippen molar-refractivity contribution in [1.29, 1.82) is 0 Å². The zero-order valence-electron chi connectivity index (χ0n) is 11.1. The molecule has 0 spiro atoms. The number of carbonyl (C=O) groups excluding carboxylic acids is 1. The van der Waals surface area contributed by atoms with Crippen molar-refractivity contribution in [3.05, 3.63) is 12.7 Å². The van der Waals surface area contributed by atoms with Gasteiger partial charge in [-0.1, -0.05) is 6.08 Å². The predicted molar refractivity (Wildman–Crippen MR) is 70.8 cm³/mol. The molecule has 2 N–H and O–H groups in total. The van der Waals surface area contributed by atoms with E-state index in [1.807, 2.05) is 0 Å². The second-order valence-electron chi connectivity index (χ2n) is 4.70. The normalized spacial score (nSPS) is 14.6. The maximum Gasteiger partial charge on any atom is 0.323 e. The largest absolute Gasteiger partial charge is 0.480 e. The minimum Gasteiger partial charge on any atom is -0.480 e. The molecule has 1 aliphatic carbocycles. The number of carbonyl (C=O) groups is 2. The van der Waals surface area contributed by atoms with E-state index in [-0.39, 0.29) is 31.8 Å². The third kappa shape index (κ3) is 4.55. The van der Waals surface area contributed by atoms with Crippen LogP contribution in [-0.4, -0.2) is 64.3 Å². The Kier molecular flexibility index (Phi) is 6.35. The van der Waals surface area contributed by atoms with Gasteiger partial charge in [-0.3, -0.25) is 4.79 Å². The third-order valence-electron chi connectivity index (χ3n) is 3.26.